The molecule has 32 heavy (non-hydrogen) atoms. The minimum Gasteiger partial charge on any atom is -0.305 e. The number of halogens is 3. The van der Waals surface area contributed by atoms with Gasteiger partial charge in [0.25, 0.3) is 0 Å². The fraction of sp³-hybridized carbons (Fsp3) is 0.143. The zero-order valence-corrected chi connectivity index (χ0v) is 19.2. The van der Waals surface area contributed by atoms with Gasteiger partial charge in [0.1, 0.15) is 0 Å². The summed E-state index contributed by atoms with van der Waals surface area (Å²) in [6, 6.07) is 10.9. The number of anilines is 1. The molecule has 0 aliphatic carbocycles. The number of carbonyl (C=O) groups excluding carboxylic acids is 1. The lowest BCUT2D eigenvalue weighted by atomic mass is 10.2. The van der Waals surface area contributed by atoms with Crippen LogP contribution in [-0.4, -0.2) is 30.9 Å². The third-order valence-electron chi connectivity index (χ3n) is 4.55. The van der Waals surface area contributed by atoms with E-state index in [1.807, 2.05) is 18.2 Å². The molecule has 0 saturated carbocycles. The summed E-state index contributed by atoms with van der Waals surface area (Å²) < 4.78 is 28.4. The molecule has 2 heterocycles. The molecule has 0 saturated heterocycles. The molecule has 4 rings (SSSR count). The van der Waals surface area contributed by atoms with Crippen LogP contribution in [-0.2, 0) is 11.8 Å². The van der Waals surface area contributed by atoms with Crippen molar-refractivity contribution >= 4 is 45.7 Å². The number of hydrogen-bond acceptors (Lipinski definition) is 6. The first-order valence-electron chi connectivity index (χ1n) is 9.36. The number of nitrogens with zero attached hydrogens (tertiary/aromatic N) is 4. The number of amides is 1. The van der Waals surface area contributed by atoms with Crippen LogP contribution in [0.3, 0.4) is 0 Å². The minimum absolute atomic E-state index is 0.275. The van der Waals surface area contributed by atoms with Crippen molar-refractivity contribution in [3.05, 3.63) is 64.5 Å². The van der Waals surface area contributed by atoms with Crippen molar-refractivity contribution in [3.63, 3.8) is 0 Å². The number of rotatable bonds is 6. The Morgan fingerprint density at radius 1 is 1.19 bits per heavy atom. The molecule has 1 unspecified atom stereocenters. The van der Waals surface area contributed by atoms with Gasteiger partial charge in [0.2, 0.25) is 5.91 Å². The molecule has 0 radical (unpaired) electrons. The fourth-order valence-electron chi connectivity index (χ4n) is 2.83. The predicted octanol–water partition coefficient (Wildman–Crippen LogP) is 5.66. The molecule has 2 aromatic heterocycles. The Morgan fingerprint density at radius 2 is 1.97 bits per heavy atom. The van der Waals surface area contributed by atoms with Gasteiger partial charge < -0.3 is 9.88 Å². The third-order valence-corrected chi connectivity index (χ3v) is 6.77. The first-order chi connectivity index (χ1) is 15.3. The summed E-state index contributed by atoms with van der Waals surface area (Å²) in [7, 11) is 1.81. The Morgan fingerprint density at radius 3 is 2.72 bits per heavy atom. The second-order valence-corrected chi connectivity index (χ2v) is 9.33. The zero-order valence-electron chi connectivity index (χ0n) is 16.8. The molecule has 0 bridgehead atoms. The van der Waals surface area contributed by atoms with Gasteiger partial charge in [-0.25, -0.2) is 13.8 Å². The van der Waals surface area contributed by atoms with Crippen molar-refractivity contribution in [1.82, 2.24) is 19.7 Å². The van der Waals surface area contributed by atoms with Crippen molar-refractivity contribution in [3.8, 4) is 22.6 Å². The molecule has 1 N–H and O–H groups in total. The lowest BCUT2D eigenvalue weighted by Crippen LogP contribution is -2.22. The van der Waals surface area contributed by atoms with E-state index in [-0.39, 0.29) is 5.91 Å². The molecular weight excluding hydrogens is 476 g/mol. The molecule has 11 heteroatoms. The number of nitrogens with one attached hydrogen (secondary N) is 1. The van der Waals surface area contributed by atoms with Gasteiger partial charge in [-0.15, -0.1) is 21.5 Å². The standard InChI is InChI=1S/C21H16ClF2N5OS2/c1-11(32-21-28-27-18(29(21)2)13-5-3-4-6-14(13)22)19(30)26-20-25-17(10-31-20)12-7-8-15(23)16(24)9-12/h3-11H,1-2H3,(H,25,26,30). The maximum atomic E-state index is 13.5. The van der Waals surface area contributed by atoms with Crippen LogP contribution in [0.15, 0.2) is 53.0 Å². The van der Waals surface area contributed by atoms with Gasteiger partial charge in [-0.2, -0.15) is 0 Å². The quantitative estimate of drug-likeness (QED) is 0.352. The maximum Gasteiger partial charge on any atom is 0.239 e. The van der Waals surface area contributed by atoms with Gasteiger partial charge in [-0.1, -0.05) is 35.5 Å². The predicted molar refractivity (Wildman–Crippen MR) is 123 cm³/mol. The molecule has 1 amide bonds. The number of aromatic nitrogens is 4. The summed E-state index contributed by atoms with van der Waals surface area (Å²) in [6.07, 6.45) is 0. The molecule has 1 atom stereocenters. The van der Waals surface area contributed by atoms with Gasteiger partial charge in [0, 0.05) is 23.6 Å². The minimum atomic E-state index is -0.953. The first-order valence-corrected chi connectivity index (χ1v) is 11.5. The van der Waals surface area contributed by atoms with Crippen LogP contribution in [0.4, 0.5) is 13.9 Å². The third kappa shape index (κ3) is 4.67. The highest BCUT2D eigenvalue weighted by Gasteiger charge is 2.21. The van der Waals surface area contributed by atoms with E-state index < -0.39 is 16.9 Å². The largest absolute Gasteiger partial charge is 0.305 e. The van der Waals surface area contributed by atoms with Gasteiger partial charge in [0.05, 0.1) is 16.0 Å². The molecule has 2 aromatic carbocycles. The van der Waals surface area contributed by atoms with Crippen LogP contribution in [0.2, 0.25) is 5.02 Å². The van der Waals surface area contributed by atoms with E-state index in [2.05, 4.69) is 20.5 Å². The smallest absolute Gasteiger partial charge is 0.239 e. The zero-order chi connectivity index (χ0) is 22.8. The average Bonchev–Trinajstić information content (AvgIpc) is 3.37. The molecule has 164 valence electrons. The van der Waals surface area contributed by atoms with Crippen LogP contribution >= 0.6 is 34.7 Å². The molecule has 0 aliphatic heterocycles. The summed E-state index contributed by atoms with van der Waals surface area (Å²) >= 11 is 8.69. The van der Waals surface area contributed by atoms with E-state index in [0.29, 0.717) is 32.4 Å². The van der Waals surface area contributed by atoms with Crippen LogP contribution in [0, 0.1) is 11.6 Å². The number of thioether (sulfide) groups is 1. The van der Waals surface area contributed by atoms with Crippen molar-refractivity contribution in [2.75, 3.05) is 5.32 Å². The Hall–Kier alpha value is -2.82. The first kappa shape index (κ1) is 22.4. The highest BCUT2D eigenvalue weighted by atomic mass is 35.5. The SMILES string of the molecule is CC(Sc1nnc(-c2ccccc2Cl)n1C)C(=O)Nc1nc(-c2ccc(F)c(F)c2)cs1. The maximum absolute atomic E-state index is 13.5. The monoisotopic (exact) mass is 491 g/mol. The van der Waals surface area contributed by atoms with E-state index in [4.69, 9.17) is 11.6 Å². The van der Waals surface area contributed by atoms with Gasteiger partial charge in [-0.3, -0.25) is 4.79 Å². The van der Waals surface area contributed by atoms with Crippen molar-refractivity contribution in [2.45, 2.75) is 17.3 Å². The highest BCUT2D eigenvalue weighted by Crippen LogP contribution is 2.31. The number of thiazole rings is 1. The molecular formula is C21H16ClF2N5OS2. The van der Waals surface area contributed by atoms with Crippen molar-refractivity contribution in [2.24, 2.45) is 7.05 Å². The van der Waals surface area contributed by atoms with Gasteiger partial charge in [-0.05, 0) is 37.3 Å². The van der Waals surface area contributed by atoms with E-state index in [1.165, 1.54) is 29.2 Å². The van der Waals surface area contributed by atoms with Crippen LogP contribution in [0.25, 0.3) is 22.6 Å². The Balaban J connectivity index is 1.44. The summed E-state index contributed by atoms with van der Waals surface area (Å²) in [5.74, 6) is -1.55. The van der Waals surface area contributed by atoms with Crippen LogP contribution in [0.5, 0.6) is 0 Å². The lowest BCUT2D eigenvalue weighted by molar-refractivity contribution is -0.115. The molecule has 6 nitrogen and oxygen atoms in total. The average molecular weight is 492 g/mol. The topological polar surface area (TPSA) is 72.7 Å². The second-order valence-electron chi connectivity index (χ2n) is 6.76. The van der Waals surface area contributed by atoms with E-state index >= 15 is 0 Å². The number of hydrogen-bond donors (Lipinski definition) is 1. The van der Waals surface area contributed by atoms with Crippen molar-refractivity contribution < 1.29 is 13.6 Å². The highest BCUT2D eigenvalue weighted by molar-refractivity contribution is 8.00. The molecule has 0 spiro atoms. The molecule has 0 aliphatic rings. The summed E-state index contributed by atoms with van der Waals surface area (Å²) in [5.41, 5.74) is 1.62. The number of carbonyl (C=O) groups is 1. The number of benzene rings is 2. The van der Waals surface area contributed by atoms with Crippen LogP contribution < -0.4 is 5.32 Å². The Labute approximate surface area is 195 Å². The van der Waals surface area contributed by atoms with Gasteiger partial charge in [0.15, 0.2) is 27.7 Å². The van der Waals surface area contributed by atoms with E-state index in [9.17, 15) is 13.6 Å². The Kier molecular flexibility index (Phi) is 6.54. The summed E-state index contributed by atoms with van der Waals surface area (Å²) in [4.78, 5) is 16.9. The lowest BCUT2D eigenvalue weighted by Gasteiger charge is -2.10. The Bertz CT molecular complexity index is 1290. The van der Waals surface area contributed by atoms with E-state index in [1.54, 1.807) is 30.0 Å². The molecule has 4 aromatic rings. The van der Waals surface area contributed by atoms with Gasteiger partial charge >= 0.3 is 0 Å². The summed E-state index contributed by atoms with van der Waals surface area (Å²) in [6.45, 7) is 1.74. The van der Waals surface area contributed by atoms with E-state index in [0.717, 1.165) is 17.7 Å². The summed E-state index contributed by atoms with van der Waals surface area (Å²) in [5, 5.41) is 13.8. The second kappa shape index (κ2) is 9.35. The van der Waals surface area contributed by atoms with Crippen molar-refractivity contribution in [1.29, 1.82) is 0 Å². The fourth-order valence-corrected chi connectivity index (χ4v) is 4.59. The molecule has 0 fully saturated rings. The normalized spacial score (nSPS) is 12.0. The van der Waals surface area contributed by atoms with Crippen LogP contribution in [0.1, 0.15) is 6.92 Å².